The summed E-state index contributed by atoms with van der Waals surface area (Å²) in [6, 6.07) is 3.97. The first-order valence-corrected chi connectivity index (χ1v) is 7.10. The van der Waals surface area contributed by atoms with Crippen LogP contribution < -0.4 is 5.32 Å². The van der Waals surface area contributed by atoms with E-state index in [4.69, 9.17) is 13.9 Å². The minimum Gasteiger partial charge on any atom is -0.449 e. The lowest BCUT2D eigenvalue weighted by Crippen LogP contribution is -2.37. The maximum atomic E-state index is 13.3. The first kappa shape index (κ1) is 17.0. The van der Waals surface area contributed by atoms with E-state index in [9.17, 15) is 14.0 Å². The van der Waals surface area contributed by atoms with Gasteiger partial charge in [-0.3, -0.25) is 4.79 Å². The van der Waals surface area contributed by atoms with Crippen LogP contribution in [0.15, 0.2) is 22.6 Å². The minimum absolute atomic E-state index is 0.0397. The van der Waals surface area contributed by atoms with Crippen LogP contribution >= 0.6 is 0 Å². The molecule has 124 valence electrons. The van der Waals surface area contributed by atoms with Crippen LogP contribution in [-0.4, -0.2) is 38.2 Å². The van der Waals surface area contributed by atoms with Crippen LogP contribution in [0.2, 0.25) is 0 Å². The first-order chi connectivity index (χ1) is 10.9. The highest BCUT2D eigenvalue weighted by atomic mass is 19.1. The van der Waals surface area contributed by atoms with E-state index in [2.05, 4.69) is 5.32 Å². The van der Waals surface area contributed by atoms with E-state index in [0.29, 0.717) is 29.7 Å². The fraction of sp³-hybridized carbons (Fsp3) is 0.375. The fourth-order valence-electron chi connectivity index (χ4n) is 2.08. The summed E-state index contributed by atoms with van der Waals surface area (Å²) < 4.78 is 28.6. The summed E-state index contributed by atoms with van der Waals surface area (Å²) in [4.78, 5) is 23.9. The van der Waals surface area contributed by atoms with E-state index >= 15 is 0 Å². The molecule has 0 bridgehead atoms. The largest absolute Gasteiger partial charge is 0.449 e. The molecule has 0 fully saturated rings. The molecule has 1 aromatic heterocycles. The average Bonchev–Trinajstić information content (AvgIpc) is 2.84. The molecule has 0 aliphatic heterocycles. The lowest BCUT2D eigenvalue weighted by Gasteiger charge is -2.12. The van der Waals surface area contributed by atoms with Gasteiger partial charge in [-0.15, -0.1) is 0 Å². The summed E-state index contributed by atoms with van der Waals surface area (Å²) >= 11 is 0. The normalized spacial score (nSPS) is 12.2. The van der Waals surface area contributed by atoms with E-state index in [1.54, 1.807) is 6.92 Å². The minimum atomic E-state index is -0.983. The molecule has 6 nitrogen and oxygen atoms in total. The smallest absolute Gasteiger partial charge is 0.375 e. The second-order valence-corrected chi connectivity index (χ2v) is 5.03. The number of halogens is 1. The van der Waals surface area contributed by atoms with Gasteiger partial charge in [0.15, 0.2) is 6.10 Å². The molecule has 1 amide bonds. The van der Waals surface area contributed by atoms with Crippen molar-refractivity contribution in [2.24, 2.45) is 0 Å². The van der Waals surface area contributed by atoms with Crippen LogP contribution in [-0.2, 0) is 14.3 Å². The van der Waals surface area contributed by atoms with Gasteiger partial charge in [-0.25, -0.2) is 9.18 Å². The number of carbonyl (C=O) groups excluding carboxylic acids is 2. The number of hydrogen-bond donors (Lipinski definition) is 1. The molecule has 1 atom stereocenters. The zero-order chi connectivity index (χ0) is 17.0. The summed E-state index contributed by atoms with van der Waals surface area (Å²) in [5, 5.41) is 3.06. The Kier molecular flexibility index (Phi) is 5.33. The molecule has 0 unspecified atom stereocenters. The van der Waals surface area contributed by atoms with Crippen molar-refractivity contribution in [2.45, 2.75) is 20.0 Å². The molecule has 1 N–H and O–H groups in total. The number of hydrogen-bond acceptors (Lipinski definition) is 5. The molecule has 0 radical (unpaired) electrons. The van der Waals surface area contributed by atoms with Gasteiger partial charge in [0.1, 0.15) is 11.4 Å². The molecular formula is C16H18FNO5. The maximum absolute atomic E-state index is 13.3. The number of aryl methyl sites for hydroxylation is 1. The third-order valence-electron chi connectivity index (χ3n) is 3.34. The van der Waals surface area contributed by atoms with Crippen LogP contribution in [0.3, 0.4) is 0 Å². The highest BCUT2D eigenvalue weighted by molar-refractivity contribution is 5.97. The number of amides is 1. The summed E-state index contributed by atoms with van der Waals surface area (Å²) in [6.07, 6.45) is -0.983. The molecule has 0 saturated heterocycles. The van der Waals surface area contributed by atoms with Gasteiger partial charge in [0, 0.05) is 24.6 Å². The Morgan fingerprint density at radius 1 is 1.39 bits per heavy atom. The highest BCUT2D eigenvalue weighted by Gasteiger charge is 2.24. The van der Waals surface area contributed by atoms with Crippen molar-refractivity contribution in [3.63, 3.8) is 0 Å². The number of rotatable bonds is 6. The van der Waals surface area contributed by atoms with E-state index in [1.165, 1.54) is 32.2 Å². The summed E-state index contributed by atoms with van der Waals surface area (Å²) in [6.45, 7) is 3.77. The van der Waals surface area contributed by atoms with Crippen LogP contribution in [0.5, 0.6) is 0 Å². The number of benzene rings is 1. The number of nitrogens with one attached hydrogen (secondary N) is 1. The van der Waals surface area contributed by atoms with Crippen LogP contribution in [0.25, 0.3) is 11.0 Å². The molecule has 7 heteroatoms. The Labute approximate surface area is 132 Å². The Morgan fingerprint density at radius 2 is 2.13 bits per heavy atom. The second kappa shape index (κ2) is 7.23. The number of fused-ring (bicyclic) bond motifs is 1. The monoisotopic (exact) mass is 323 g/mol. The third-order valence-corrected chi connectivity index (χ3v) is 3.34. The number of methoxy groups -OCH3 is 1. The molecule has 2 aromatic rings. The van der Waals surface area contributed by atoms with Gasteiger partial charge in [0.05, 0.1) is 6.61 Å². The van der Waals surface area contributed by atoms with Crippen LogP contribution in [0.4, 0.5) is 4.39 Å². The van der Waals surface area contributed by atoms with Gasteiger partial charge in [-0.05, 0) is 32.0 Å². The number of carbonyl (C=O) groups is 2. The average molecular weight is 323 g/mol. The molecule has 1 aromatic carbocycles. The van der Waals surface area contributed by atoms with E-state index in [0.717, 1.165) is 0 Å². The zero-order valence-electron chi connectivity index (χ0n) is 13.1. The standard InChI is InChI=1S/C16H18FNO5/c1-9-12-8-11(17)4-5-13(12)23-14(9)16(20)22-10(2)15(19)18-6-7-21-3/h4-5,8,10H,6-7H2,1-3H3,(H,18,19)/t10-/m0/s1. The summed E-state index contributed by atoms with van der Waals surface area (Å²) in [5.74, 6) is -1.67. The Balaban J connectivity index is 2.08. The van der Waals surface area contributed by atoms with Gasteiger partial charge in [-0.2, -0.15) is 0 Å². The van der Waals surface area contributed by atoms with E-state index in [1.807, 2.05) is 0 Å². The third kappa shape index (κ3) is 3.87. The van der Waals surface area contributed by atoms with Crippen molar-refractivity contribution < 1.29 is 27.9 Å². The van der Waals surface area contributed by atoms with Gasteiger partial charge in [-0.1, -0.05) is 0 Å². The summed E-state index contributed by atoms with van der Waals surface area (Å²) in [5.41, 5.74) is 0.851. The Hall–Kier alpha value is -2.41. The van der Waals surface area contributed by atoms with Crippen molar-refractivity contribution in [3.8, 4) is 0 Å². The highest BCUT2D eigenvalue weighted by Crippen LogP contribution is 2.26. The Morgan fingerprint density at radius 3 is 2.83 bits per heavy atom. The summed E-state index contributed by atoms with van der Waals surface area (Å²) in [7, 11) is 1.52. The SMILES string of the molecule is COCCNC(=O)[C@H](C)OC(=O)c1oc2ccc(F)cc2c1C. The van der Waals surface area contributed by atoms with Crippen molar-refractivity contribution in [3.05, 3.63) is 35.3 Å². The van der Waals surface area contributed by atoms with E-state index in [-0.39, 0.29) is 5.76 Å². The predicted molar refractivity (Wildman–Crippen MR) is 80.7 cm³/mol. The molecule has 0 spiro atoms. The van der Waals surface area contributed by atoms with Crippen molar-refractivity contribution in [2.75, 3.05) is 20.3 Å². The van der Waals surface area contributed by atoms with Gasteiger partial charge in [0.2, 0.25) is 5.76 Å². The zero-order valence-corrected chi connectivity index (χ0v) is 13.1. The van der Waals surface area contributed by atoms with Crippen LogP contribution in [0, 0.1) is 12.7 Å². The Bertz CT molecular complexity index is 725. The molecule has 0 aliphatic rings. The number of ether oxygens (including phenoxy) is 2. The molecular weight excluding hydrogens is 305 g/mol. The molecule has 2 rings (SSSR count). The van der Waals surface area contributed by atoms with Gasteiger partial charge in [0.25, 0.3) is 5.91 Å². The second-order valence-electron chi connectivity index (χ2n) is 5.03. The van der Waals surface area contributed by atoms with Gasteiger partial charge < -0.3 is 19.2 Å². The quantitative estimate of drug-likeness (QED) is 0.651. The fourth-order valence-corrected chi connectivity index (χ4v) is 2.08. The molecule has 23 heavy (non-hydrogen) atoms. The van der Waals surface area contributed by atoms with Gasteiger partial charge >= 0.3 is 5.97 Å². The number of furan rings is 1. The first-order valence-electron chi connectivity index (χ1n) is 7.10. The van der Waals surface area contributed by atoms with Crippen molar-refractivity contribution in [1.29, 1.82) is 0 Å². The van der Waals surface area contributed by atoms with E-state index < -0.39 is 23.8 Å². The predicted octanol–water partition coefficient (Wildman–Crippen LogP) is 2.19. The van der Waals surface area contributed by atoms with Crippen molar-refractivity contribution >= 4 is 22.8 Å². The number of esters is 1. The lowest BCUT2D eigenvalue weighted by atomic mass is 10.1. The topological polar surface area (TPSA) is 77.8 Å². The van der Waals surface area contributed by atoms with Crippen molar-refractivity contribution in [1.82, 2.24) is 5.32 Å². The molecule has 1 heterocycles. The lowest BCUT2D eigenvalue weighted by molar-refractivity contribution is -0.129. The maximum Gasteiger partial charge on any atom is 0.375 e. The molecule has 0 saturated carbocycles. The molecule has 0 aliphatic carbocycles. The van der Waals surface area contributed by atoms with Crippen LogP contribution in [0.1, 0.15) is 23.0 Å².